The van der Waals surface area contributed by atoms with Gasteiger partial charge in [0, 0.05) is 36.7 Å². The maximum absolute atomic E-state index is 12.1. The molecule has 1 atom stereocenters. The number of carboxylic acids is 1. The number of aryl methyl sites for hydroxylation is 1. The number of thiazole rings is 1. The van der Waals surface area contributed by atoms with Crippen LogP contribution in [0.5, 0.6) is 0 Å². The Morgan fingerprint density at radius 3 is 3.00 bits per heavy atom. The van der Waals surface area contributed by atoms with E-state index >= 15 is 0 Å². The maximum atomic E-state index is 12.1. The van der Waals surface area contributed by atoms with Gasteiger partial charge in [0.05, 0.1) is 5.00 Å². The van der Waals surface area contributed by atoms with Gasteiger partial charge in [0.1, 0.15) is 0 Å². The molecule has 1 saturated heterocycles. The predicted molar refractivity (Wildman–Crippen MR) is 102 cm³/mol. The molecule has 6 nitrogen and oxygen atoms in total. The third-order valence-electron chi connectivity index (χ3n) is 3.95. The van der Waals surface area contributed by atoms with Crippen LogP contribution in [-0.2, 0) is 4.79 Å². The summed E-state index contributed by atoms with van der Waals surface area (Å²) in [5.41, 5.74) is 1.32. The molecule has 0 spiro atoms. The Labute approximate surface area is 158 Å². The molecule has 1 fully saturated rings. The van der Waals surface area contributed by atoms with Crippen molar-refractivity contribution in [2.75, 3.05) is 24.2 Å². The van der Waals surface area contributed by atoms with Gasteiger partial charge in [-0.05, 0) is 30.4 Å². The van der Waals surface area contributed by atoms with Crippen LogP contribution in [0.3, 0.4) is 0 Å². The SMILES string of the molecule is Cc1csc(NC[C@H]2CCC(=O)N2CCSc2nc(C(=O)O)cs2)c1. The van der Waals surface area contributed by atoms with Gasteiger partial charge in [-0.25, -0.2) is 9.78 Å². The van der Waals surface area contributed by atoms with Gasteiger partial charge in [0.15, 0.2) is 10.0 Å². The monoisotopic (exact) mass is 397 g/mol. The lowest BCUT2D eigenvalue weighted by Crippen LogP contribution is -2.38. The van der Waals surface area contributed by atoms with Gasteiger partial charge in [0.2, 0.25) is 5.91 Å². The van der Waals surface area contributed by atoms with E-state index in [9.17, 15) is 9.59 Å². The van der Waals surface area contributed by atoms with Crippen molar-refractivity contribution in [3.05, 3.63) is 28.1 Å². The Hall–Kier alpha value is -1.58. The molecular formula is C16H19N3O3S3. The minimum absolute atomic E-state index is 0.0815. The van der Waals surface area contributed by atoms with Crippen LogP contribution >= 0.6 is 34.4 Å². The molecule has 1 aliphatic rings. The molecule has 2 N–H and O–H groups in total. The number of likely N-dealkylation sites (tertiary alicyclic amines) is 1. The van der Waals surface area contributed by atoms with Gasteiger partial charge in [-0.1, -0.05) is 11.8 Å². The molecule has 0 aromatic carbocycles. The first-order valence-electron chi connectivity index (χ1n) is 7.93. The number of carbonyl (C=O) groups excluding carboxylic acids is 1. The summed E-state index contributed by atoms with van der Waals surface area (Å²) in [4.78, 5) is 29.0. The Bertz CT molecular complexity index is 759. The van der Waals surface area contributed by atoms with E-state index in [0.717, 1.165) is 22.3 Å². The Morgan fingerprint density at radius 1 is 1.48 bits per heavy atom. The Kier molecular flexibility index (Phi) is 5.98. The lowest BCUT2D eigenvalue weighted by atomic mass is 10.2. The molecule has 0 unspecified atom stereocenters. The van der Waals surface area contributed by atoms with Crippen LogP contribution in [0.4, 0.5) is 5.00 Å². The number of hydrogen-bond acceptors (Lipinski definition) is 7. The summed E-state index contributed by atoms with van der Waals surface area (Å²) in [6, 6.07) is 2.32. The van der Waals surface area contributed by atoms with Crippen molar-refractivity contribution in [2.24, 2.45) is 0 Å². The summed E-state index contributed by atoms with van der Waals surface area (Å²) in [7, 11) is 0. The Balaban J connectivity index is 1.48. The number of nitrogens with zero attached hydrogens (tertiary/aromatic N) is 2. The quantitative estimate of drug-likeness (QED) is 0.664. The van der Waals surface area contributed by atoms with Gasteiger partial charge in [-0.2, -0.15) is 0 Å². The van der Waals surface area contributed by atoms with Crippen molar-refractivity contribution >= 4 is 51.3 Å². The van der Waals surface area contributed by atoms with E-state index in [4.69, 9.17) is 5.11 Å². The molecule has 3 rings (SSSR count). The number of thiophene rings is 1. The first-order chi connectivity index (χ1) is 12.0. The second-order valence-corrected chi connectivity index (χ2v) is 8.91. The third-order valence-corrected chi connectivity index (χ3v) is 6.96. The highest BCUT2D eigenvalue weighted by molar-refractivity contribution is 8.01. The van der Waals surface area contributed by atoms with Crippen molar-refractivity contribution in [2.45, 2.75) is 30.1 Å². The summed E-state index contributed by atoms with van der Waals surface area (Å²) in [5, 5.41) is 17.1. The van der Waals surface area contributed by atoms with E-state index in [1.807, 2.05) is 4.90 Å². The van der Waals surface area contributed by atoms with Crippen LogP contribution in [0.15, 0.2) is 21.2 Å². The van der Waals surface area contributed by atoms with E-state index in [0.29, 0.717) is 18.7 Å². The van der Waals surface area contributed by atoms with Gasteiger partial charge in [-0.15, -0.1) is 22.7 Å². The number of carbonyl (C=O) groups is 2. The highest BCUT2D eigenvalue weighted by atomic mass is 32.2. The molecule has 9 heteroatoms. The van der Waals surface area contributed by atoms with Crippen molar-refractivity contribution in [1.29, 1.82) is 0 Å². The minimum Gasteiger partial charge on any atom is -0.476 e. The second kappa shape index (κ2) is 8.20. The zero-order valence-corrected chi connectivity index (χ0v) is 16.2. The number of aromatic nitrogens is 1. The third kappa shape index (κ3) is 4.74. The lowest BCUT2D eigenvalue weighted by Gasteiger charge is -2.24. The molecule has 2 aromatic rings. The standard InChI is InChI=1S/C16H19N3O3S3/c1-10-6-13(24-8-10)17-7-11-2-3-14(20)19(11)4-5-23-16-18-12(9-25-16)15(21)22/h6,8-9,11,17H,2-5,7H2,1H3,(H,21,22)/t11-/m1/s1. The molecule has 134 valence electrons. The summed E-state index contributed by atoms with van der Waals surface area (Å²) in [6.07, 6.45) is 1.47. The first-order valence-corrected chi connectivity index (χ1v) is 10.7. The van der Waals surface area contributed by atoms with E-state index in [1.54, 1.807) is 16.7 Å². The zero-order valence-electron chi connectivity index (χ0n) is 13.7. The molecule has 25 heavy (non-hydrogen) atoms. The van der Waals surface area contributed by atoms with Gasteiger partial charge in [-0.3, -0.25) is 4.79 Å². The molecule has 0 radical (unpaired) electrons. The Morgan fingerprint density at radius 2 is 2.32 bits per heavy atom. The molecule has 1 amide bonds. The normalized spacial score (nSPS) is 17.2. The number of amides is 1. The first kappa shape index (κ1) is 18.2. The van der Waals surface area contributed by atoms with E-state index in [-0.39, 0.29) is 17.6 Å². The molecule has 2 aromatic heterocycles. The van der Waals surface area contributed by atoms with Gasteiger partial charge >= 0.3 is 5.97 Å². The van der Waals surface area contributed by atoms with E-state index < -0.39 is 5.97 Å². The largest absolute Gasteiger partial charge is 0.476 e. The molecule has 1 aliphatic heterocycles. The fourth-order valence-electron chi connectivity index (χ4n) is 2.71. The highest BCUT2D eigenvalue weighted by Crippen LogP contribution is 2.26. The molecular weight excluding hydrogens is 378 g/mol. The number of anilines is 1. The van der Waals surface area contributed by atoms with Crippen LogP contribution in [0, 0.1) is 6.92 Å². The average molecular weight is 398 g/mol. The smallest absolute Gasteiger partial charge is 0.355 e. The fraction of sp³-hybridized carbons (Fsp3) is 0.438. The number of hydrogen-bond donors (Lipinski definition) is 2. The van der Waals surface area contributed by atoms with Crippen molar-refractivity contribution in [1.82, 2.24) is 9.88 Å². The number of rotatable bonds is 8. The molecule has 3 heterocycles. The van der Waals surface area contributed by atoms with Crippen LogP contribution in [0.25, 0.3) is 0 Å². The summed E-state index contributed by atoms with van der Waals surface area (Å²) < 4.78 is 0.729. The summed E-state index contributed by atoms with van der Waals surface area (Å²) >= 11 is 4.51. The van der Waals surface area contributed by atoms with Gasteiger partial charge < -0.3 is 15.3 Å². The molecule has 0 aliphatic carbocycles. The fourth-order valence-corrected chi connectivity index (χ4v) is 5.32. The highest BCUT2D eigenvalue weighted by Gasteiger charge is 2.30. The number of carboxylic acid groups (broad SMARTS) is 1. The van der Waals surface area contributed by atoms with Crippen molar-refractivity contribution in [3.8, 4) is 0 Å². The number of aromatic carboxylic acids is 1. The number of thioether (sulfide) groups is 1. The zero-order chi connectivity index (χ0) is 17.8. The minimum atomic E-state index is -1.01. The lowest BCUT2D eigenvalue weighted by molar-refractivity contribution is -0.128. The van der Waals surface area contributed by atoms with Gasteiger partial charge in [0.25, 0.3) is 0 Å². The average Bonchev–Trinajstić information content (AvgIpc) is 3.28. The van der Waals surface area contributed by atoms with Crippen LogP contribution in [0.1, 0.15) is 28.9 Å². The van der Waals surface area contributed by atoms with Crippen LogP contribution < -0.4 is 5.32 Å². The summed E-state index contributed by atoms with van der Waals surface area (Å²) in [5.74, 6) is -0.0969. The topological polar surface area (TPSA) is 82.5 Å². The predicted octanol–water partition coefficient (Wildman–Crippen LogP) is 3.41. The van der Waals surface area contributed by atoms with E-state index in [2.05, 4.69) is 28.7 Å². The molecule has 0 saturated carbocycles. The van der Waals surface area contributed by atoms with Crippen LogP contribution in [-0.4, -0.2) is 51.8 Å². The van der Waals surface area contributed by atoms with E-state index in [1.165, 1.54) is 28.7 Å². The van der Waals surface area contributed by atoms with Crippen LogP contribution in [0.2, 0.25) is 0 Å². The molecule has 0 bridgehead atoms. The number of nitrogens with one attached hydrogen (secondary N) is 1. The van der Waals surface area contributed by atoms with Crippen molar-refractivity contribution < 1.29 is 14.7 Å². The maximum Gasteiger partial charge on any atom is 0.355 e. The second-order valence-electron chi connectivity index (χ2n) is 5.80. The summed E-state index contributed by atoms with van der Waals surface area (Å²) in [6.45, 7) is 3.48. The van der Waals surface area contributed by atoms with Crippen molar-refractivity contribution in [3.63, 3.8) is 0 Å².